The van der Waals surface area contributed by atoms with E-state index in [9.17, 15) is 13.6 Å². The van der Waals surface area contributed by atoms with Gasteiger partial charge in [-0.15, -0.1) is 13.2 Å². The lowest BCUT2D eigenvalue weighted by atomic mass is 9.80. The average Bonchev–Trinajstić information content (AvgIpc) is 3.54. The number of benzene rings is 1. The van der Waals surface area contributed by atoms with Gasteiger partial charge in [-0.3, -0.25) is 4.79 Å². The van der Waals surface area contributed by atoms with Gasteiger partial charge < -0.3 is 14.1 Å². The number of amides is 1. The minimum Gasteiger partial charge on any atom is -0.339 e. The number of rotatable bonds is 11. The number of halogens is 2. The van der Waals surface area contributed by atoms with Crippen molar-refractivity contribution in [3.63, 3.8) is 0 Å². The zero-order chi connectivity index (χ0) is 23.8. The van der Waals surface area contributed by atoms with Crippen molar-refractivity contribution in [2.45, 2.75) is 63.2 Å². The first-order chi connectivity index (χ1) is 15.9. The molecule has 2 saturated carbocycles. The van der Waals surface area contributed by atoms with Crippen LogP contribution in [0.1, 0.15) is 62.6 Å². The summed E-state index contributed by atoms with van der Waals surface area (Å²) < 4.78 is 35.2. The number of hydrogen-bond donors (Lipinski definition) is 1. The van der Waals surface area contributed by atoms with Crippen LogP contribution in [0.15, 0.2) is 41.9 Å². The molecule has 0 bridgehead atoms. The van der Waals surface area contributed by atoms with Crippen LogP contribution in [0, 0.1) is 5.92 Å². The van der Waals surface area contributed by atoms with E-state index in [0.717, 1.165) is 55.7 Å². The molecular formula is C24H32F2N4O2S. The Bertz CT molecular complexity index is 911. The highest BCUT2D eigenvalue weighted by molar-refractivity contribution is 7.99. The van der Waals surface area contributed by atoms with E-state index < -0.39 is 11.8 Å². The van der Waals surface area contributed by atoms with Crippen LogP contribution in [0.5, 0.6) is 0 Å². The van der Waals surface area contributed by atoms with E-state index in [1.54, 1.807) is 4.90 Å². The molecule has 2 fully saturated rings. The van der Waals surface area contributed by atoms with Crippen LogP contribution >= 0.6 is 11.9 Å². The minimum atomic E-state index is -2.71. The number of anilines is 2. The fourth-order valence-corrected chi connectivity index (χ4v) is 4.24. The molecule has 1 aromatic carbocycles. The second-order valence-corrected chi connectivity index (χ2v) is 9.05. The maximum Gasteiger partial charge on any atom is 0.249 e. The number of aromatic nitrogens is 2. The largest absolute Gasteiger partial charge is 0.339 e. The van der Waals surface area contributed by atoms with E-state index in [0.29, 0.717) is 18.4 Å². The maximum absolute atomic E-state index is 13.3. The minimum absolute atomic E-state index is 0.210. The van der Waals surface area contributed by atoms with Crippen molar-refractivity contribution in [1.82, 2.24) is 10.1 Å². The Morgan fingerprint density at radius 1 is 1.27 bits per heavy atom. The van der Waals surface area contributed by atoms with Crippen molar-refractivity contribution in [2.75, 3.05) is 22.4 Å². The lowest BCUT2D eigenvalue weighted by Crippen LogP contribution is -2.47. The van der Waals surface area contributed by atoms with Crippen molar-refractivity contribution in [3.8, 4) is 0 Å². The Morgan fingerprint density at radius 2 is 2.03 bits per heavy atom. The number of hydrogen-bond acceptors (Lipinski definition) is 6. The van der Waals surface area contributed by atoms with Crippen LogP contribution in [-0.2, 0) is 11.2 Å². The van der Waals surface area contributed by atoms with Crippen LogP contribution in [0.2, 0.25) is 0 Å². The highest BCUT2D eigenvalue weighted by atomic mass is 32.2. The van der Waals surface area contributed by atoms with Crippen LogP contribution in [0.4, 0.5) is 20.2 Å². The van der Waals surface area contributed by atoms with Crippen molar-refractivity contribution < 1.29 is 18.1 Å². The molecule has 2 aromatic rings. The van der Waals surface area contributed by atoms with E-state index in [1.807, 2.05) is 30.5 Å². The molecule has 1 amide bonds. The summed E-state index contributed by atoms with van der Waals surface area (Å²) in [6.45, 7) is 6.50. The van der Waals surface area contributed by atoms with Gasteiger partial charge in [0, 0.05) is 55.3 Å². The number of carbonyl (C=O) groups is 1. The second-order valence-electron chi connectivity index (χ2n) is 8.44. The van der Waals surface area contributed by atoms with Crippen LogP contribution < -0.4 is 9.62 Å². The molecule has 0 unspecified atom stereocenters. The Kier molecular flexibility index (Phi) is 8.88. The molecule has 0 aliphatic heterocycles. The number of carbonyl (C=O) groups excluding carboxylic acids is 1. The SMILES string of the molecule is C=C.CSNc1cccc(N(CCCCCc2nc(C3CC3)no2)C(=O)C2CC(F)(F)C2)c1. The lowest BCUT2D eigenvalue weighted by Gasteiger charge is -2.37. The molecule has 180 valence electrons. The predicted octanol–water partition coefficient (Wildman–Crippen LogP) is 6.23. The predicted molar refractivity (Wildman–Crippen MR) is 129 cm³/mol. The molecular weight excluding hydrogens is 446 g/mol. The first kappa shape index (κ1) is 25.2. The lowest BCUT2D eigenvalue weighted by molar-refractivity contribution is -0.147. The van der Waals surface area contributed by atoms with Gasteiger partial charge >= 0.3 is 0 Å². The zero-order valence-corrected chi connectivity index (χ0v) is 19.9. The molecule has 0 spiro atoms. The monoisotopic (exact) mass is 478 g/mol. The summed E-state index contributed by atoms with van der Waals surface area (Å²) in [6.07, 6.45) is 6.75. The summed E-state index contributed by atoms with van der Waals surface area (Å²) in [4.78, 5) is 19.1. The number of alkyl halides is 2. The van der Waals surface area contributed by atoms with Crippen molar-refractivity contribution in [2.24, 2.45) is 5.92 Å². The van der Waals surface area contributed by atoms with E-state index in [4.69, 9.17) is 4.52 Å². The first-order valence-electron chi connectivity index (χ1n) is 11.4. The Labute approximate surface area is 198 Å². The Morgan fingerprint density at radius 3 is 2.70 bits per heavy atom. The van der Waals surface area contributed by atoms with Gasteiger partial charge in [0.25, 0.3) is 0 Å². The van der Waals surface area contributed by atoms with Crippen molar-refractivity contribution in [3.05, 3.63) is 49.1 Å². The van der Waals surface area contributed by atoms with Gasteiger partial charge in [0.1, 0.15) is 0 Å². The fourth-order valence-electron chi connectivity index (χ4n) is 3.88. The molecule has 0 radical (unpaired) electrons. The average molecular weight is 479 g/mol. The third-order valence-electron chi connectivity index (χ3n) is 5.78. The summed E-state index contributed by atoms with van der Waals surface area (Å²) in [5.41, 5.74) is 1.62. The van der Waals surface area contributed by atoms with Crippen molar-refractivity contribution >= 4 is 29.2 Å². The molecule has 0 atom stereocenters. The Balaban J connectivity index is 0.00000149. The van der Waals surface area contributed by atoms with E-state index in [-0.39, 0.29) is 18.7 Å². The molecule has 0 saturated heterocycles. The third kappa shape index (κ3) is 7.03. The normalized spacial score (nSPS) is 16.9. The molecule has 2 aliphatic carbocycles. The summed E-state index contributed by atoms with van der Waals surface area (Å²) in [5, 5.41) is 4.03. The number of nitrogens with zero attached hydrogens (tertiary/aromatic N) is 3. The van der Waals surface area contributed by atoms with Crippen LogP contribution in [0.3, 0.4) is 0 Å². The van der Waals surface area contributed by atoms with Gasteiger partial charge in [-0.2, -0.15) is 4.98 Å². The molecule has 2 aliphatic rings. The summed E-state index contributed by atoms with van der Waals surface area (Å²) in [5.74, 6) is -1.56. The Hall–Kier alpha value is -2.42. The fraction of sp³-hybridized carbons (Fsp3) is 0.542. The summed E-state index contributed by atoms with van der Waals surface area (Å²) in [7, 11) is 0. The van der Waals surface area contributed by atoms with E-state index in [1.165, 1.54) is 11.9 Å². The summed E-state index contributed by atoms with van der Waals surface area (Å²) >= 11 is 1.46. The molecule has 1 N–H and O–H groups in total. The second kappa shape index (κ2) is 11.6. The number of aryl methyl sites for hydroxylation is 1. The summed E-state index contributed by atoms with van der Waals surface area (Å²) in [6, 6.07) is 7.54. The number of nitrogens with one attached hydrogen (secondary N) is 1. The zero-order valence-electron chi connectivity index (χ0n) is 19.1. The first-order valence-corrected chi connectivity index (χ1v) is 12.6. The molecule has 1 heterocycles. The van der Waals surface area contributed by atoms with Crippen LogP contribution in [0.25, 0.3) is 0 Å². The van der Waals surface area contributed by atoms with Gasteiger partial charge in [-0.05, 0) is 43.9 Å². The van der Waals surface area contributed by atoms with Gasteiger partial charge in [-0.1, -0.05) is 29.6 Å². The highest BCUT2D eigenvalue weighted by Crippen LogP contribution is 2.44. The molecule has 33 heavy (non-hydrogen) atoms. The molecule has 1 aromatic heterocycles. The number of unbranched alkanes of at least 4 members (excludes halogenated alkanes) is 2. The standard InChI is InChI=1S/C22H28F2N4O2S.C2H4/c1-31-27-17-6-5-7-18(12-17)28(21(29)16-13-22(23,24)14-16)11-4-2-3-8-19-25-20(26-30-19)15-9-10-15;1-2/h5-7,12,15-16,27H,2-4,8-11,13-14H2,1H3;1-2H2. The van der Waals surface area contributed by atoms with E-state index in [2.05, 4.69) is 28.0 Å². The van der Waals surface area contributed by atoms with E-state index >= 15 is 0 Å². The molecule has 9 heteroatoms. The smallest absolute Gasteiger partial charge is 0.249 e. The van der Waals surface area contributed by atoms with Gasteiger partial charge in [0.15, 0.2) is 5.82 Å². The third-order valence-corrected chi connectivity index (χ3v) is 6.22. The van der Waals surface area contributed by atoms with Crippen LogP contribution in [-0.4, -0.2) is 34.8 Å². The van der Waals surface area contributed by atoms with Gasteiger partial charge in [0.2, 0.25) is 17.7 Å². The van der Waals surface area contributed by atoms with Crippen molar-refractivity contribution in [1.29, 1.82) is 0 Å². The van der Waals surface area contributed by atoms with Gasteiger partial charge in [0.05, 0.1) is 0 Å². The van der Waals surface area contributed by atoms with Gasteiger partial charge in [-0.25, -0.2) is 8.78 Å². The molecule has 4 rings (SSSR count). The maximum atomic E-state index is 13.3. The quantitative estimate of drug-likeness (QED) is 0.234. The topological polar surface area (TPSA) is 71.3 Å². The molecule has 6 nitrogen and oxygen atoms in total. The highest BCUT2D eigenvalue weighted by Gasteiger charge is 2.49.